The Labute approximate surface area is 125 Å². The number of thioether (sulfide) groups is 1. The highest BCUT2D eigenvalue weighted by atomic mass is 79.9. The fourth-order valence-electron chi connectivity index (χ4n) is 1.43. The normalized spacial score (nSPS) is 10.2. The summed E-state index contributed by atoms with van der Waals surface area (Å²) < 4.78 is 0.936. The van der Waals surface area contributed by atoms with Crippen LogP contribution in [0.25, 0.3) is 0 Å². The van der Waals surface area contributed by atoms with Gasteiger partial charge in [0, 0.05) is 17.2 Å². The first-order chi connectivity index (χ1) is 9.24. The molecule has 0 saturated carbocycles. The van der Waals surface area contributed by atoms with E-state index in [4.69, 9.17) is 0 Å². The van der Waals surface area contributed by atoms with Crippen LogP contribution in [0.2, 0.25) is 0 Å². The smallest absolute Gasteiger partial charge is 0.230 e. The molecule has 0 fully saturated rings. The molecule has 1 aromatic heterocycles. The maximum atomic E-state index is 11.7. The van der Waals surface area contributed by atoms with Gasteiger partial charge in [0.2, 0.25) is 5.91 Å². The number of nitrogens with zero attached hydrogens (tertiary/aromatic N) is 1. The predicted molar refractivity (Wildman–Crippen MR) is 80.9 cm³/mol. The highest BCUT2D eigenvalue weighted by molar-refractivity contribution is 9.10. The molecule has 1 amide bonds. The van der Waals surface area contributed by atoms with E-state index in [0.717, 1.165) is 15.1 Å². The van der Waals surface area contributed by atoms with Crippen molar-refractivity contribution in [3.05, 3.63) is 58.7 Å². The van der Waals surface area contributed by atoms with Crippen molar-refractivity contribution in [2.24, 2.45) is 0 Å². The van der Waals surface area contributed by atoms with Crippen molar-refractivity contribution in [2.45, 2.75) is 11.6 Å². The van der Waals surface area contributed by atoms with Gasteiger partial charge >= 0.3 is 0 Å². The van der Waals surface area contributed by atoms with Crippen LogP contribution >= 0.6 is 27.7 Å². The molecule has 98 valence electrons. The number of carbonyl (C=O) groups is 1. The minimum atomic E-state index is 0.0126. The van der Waals surface area contributed by atoms with Crippen molar-refractivity contribution >= 4 is 33.6 Å². The zero-order valence-electron chi connectivity index (χ0n) is 10.2. The van der Waals surface area contributed by atoms with Crippen molar-refractivity contribution in [1.82, 2.24) is 10.3 Å². The summed E-state index contributed by atoms with van der Waals surface area (Å²) in [5, 5.41) is 3.73. The van der Waals surface area contributed by atoms with Crippen molar-refractivity contribution in [3.8, 4) is 0 Å². The molecular formula is C14H13BrN2OS. The van der Waals surface area contributed by atoms with Crippen LogP contribution in [0.3, 0.4) is 0 Å². The molecule has 2 aromatic rings. The van der Waals surface area contributed by atoms with E-state index in [1.54, 1.807) is 6.20 Å². The van der Waals surface area contributed by atoms with Gasteiger partial charge in [-0.1, -0.05) is 42.1 Å². The molecule has 0 saturated heterocycles. The number of hydrogen-bond acceptors (Lipinski definition) is 3. The standard InChI is InChI=1S/C14H13BrN2OS/c15-12-6-7-14(17-9-12)19-10-13(18)16-8-11-4-2-1-3-5-11/h1-7,9H,8,10H2,(H,16,18). The molecule has 1 aromatic carbocycles. The number of amides is 1. The molecule has 0 aliphatic carbocycles. The summed E-state index contributed by atoms with van der Waals surface area (Å²) in [6.07, 6.45) is 1.73. The van der Waals surface area contributed by atoms with Crippen molar-refractivity contribution in [2.75, 3.05) is 5.75 Å². The van der Waals surface area contributed by atoms with Crippen LogP contribution in [0.1, 0.15) is 5.56 Å². The third-order valence-corrected chi connectivity index (χ3v) is 3.80. The molecule has 19 heavy (non-hydrogen) atoms. The summed E-state index contributed by atoms with van der Waals surface area (Å²) in [6, 6.07) is 13.7. The number of carbonyl (C=O) groups excluding carboxylic acids is 1. The maximum Gasteiger partial charge on any atom is 0.230 e. The fourth-order valence-corrected chi connectivity index (χ4v) is 2.34. The number of benzene rings is 1. The van der Waals surface area contributed by atoms with Gasteiger partial charge in [0.05, 0.1) is 10.8 Å². The third-order valence-electron chi connectivity index (χ3n) is 2.38. The summed E-state index contributed by atoms with van der Waals surface area (Å²) >= 11 is 4.75. The topological polar surface area (TPSA) is 42.0 Å². The molecule has 0 bridgehead atoms. The highest BCUT2D eigenvalue weighted by Crippen LogP contribution is 2.17. The minimum absolute atomic E-state index is 0.0126. The first-order valence-electron chi connectivity index (χ1n) is 5.79. The molecule has 0 aliphatic heterocycles. The summed E-state index contributed by atoms with van der Waals surface area (Å²) in [4.78, 5) is 15.9. The summed E-state index contributed by atoms with van der Waals surface area (Å²) in [5.74, 6) is 0.389. The van der Waals surface area contributed by atoms with E-state index < -0.39 is 0 Å². The first kappa shape index (κ1) is 14.1. The quantitative estimate of drug-likeness (QED) is 0.852. The van der Waals surface area contributed by atoms with Crippen LogP contribution in [-0.4, -0.2) is 16.6 Å². The molecule has 0 aliphatic rings. The first-order valence-corrected chi connectivity index (χ1v) is 7.57. The van der Waals surface area contributed by atoms with E-state index in [9.17, 15) is 4.79 Å². The molecule has 0 spiro atoms. The summed E-state index contributed by atoms with van der Waals surface area (Å²) in [5.41, 5.74) is 1.10. The van der Waals surface area contributed by atoms with E-state index in [2.05, 4.69) is 26.2 Å². The van der Waals surface area contributed by atoms with E-state index in [1.165, 1.54) is 11.8 Å². The van der Waals surface area contributed by atoms with Crippen LogP contribution in [-0.2, 0) is 11.3 Å². The molecule has 0 radical (unpaired) electrons. The van der Waals surface area contributed by atoms with Crippen LogP contribution in [0.4, 0.5) is 0 Å². The highest BCUT2D eigenvalue weighted by Gasteiger charge is 2.03. The van der Waals surface area contributed by atoms with E-state index in [0.29, 0.717) is 12.3 Å². The van der Waals surface area contributed by atoms with E-state index >= 15 is 0 Å². The molecule has 1 N–H and O–H groups in total. The molecular weight excluding hydrogens is 324 g/mol. The lowest BCUT2D eigenvalue weighted by molar-refractivity contribution is -0.118. The Morgan fingerprint density at radius 3 is 2.68 bits per heavy atom. The molecule has 1 heterocycles. The van der Waals surface area contributed by atoms with Crippen LogP contribution in [0.15, 0.2) is 58.2 Å². The second-order valence-corrected chi connectivity index (χ2v) is 5.78. The zero-order valence-corrected chi connectivity index (χ0v) is 12.6. The van der Waals surface area contributed by atoms with Crippen LogP contribution in [0.5, 0.6) is 0 Å². The van der Waals surface area contributed by atoms with Gasteiger partial charge in [0.15, 0.2) is 0 Å². The Hall–Kier alpha value is -1.33. The van der Waals surface area contributed by atoms with Crippen LogP contribution < -0.4 is 5.32 Å². The lowest BCUT2D eigenvalue weighted by Crippen LogP contribution is -2.24. The van der Waals surface area contributed by atoms with Crippen molar-refractivity contribution < 1.29 is 4.79 Å². The Kier molecular flexibility index (Phi) is 5.42. The summed E-state index contributed by atoms with van der Waals surface area (Å²) in [7, 11) is 0. The van der Waals surface area contributed by atoms with Gasteiger partial charge in [-0.25, -0.2) is 4.98 Å². The molecule has 0 atom stereocenters. The number of pyridine rings is 1. The van der Waals surface area contributed by atoms with Crippen molar-refractivity contribution in [3.63, 3.8) is 0 Å². The van der Waals surface area contributed by atoms with Crippen LogP contribution in [0, 0.1) is 0 Å². The Bertz CT molecular complexity index is 531. The SMILES string of the molecule is O=C(CSc1ccc(Br)cn1)NCc1ccccc1. The van der Waals surface area contributed by atoms with Gasteiger partial charge in [0.1, 0.15) is 0 Å². The molecule has 2 rings (SSSR count). The number of hydrogen-bond donors (Lipinski definition) is 1. The zero-order chi connectivity index (χ0) is 13.5. The lowest BCUT2D eigenvalue weighted by atomic mass is 10.2. The van der Waals surface area contributed by atoms with Gasteiger partial charge in [-0.15, -0.1) is 0 Å². The Balaban J connectivity index is 1.74. The van der Waals surface area contributed by atoms with Gasteiger partial charge in [-0.2, -0.15) is 0 Å². The minimum Gasteiger partial charge on any atom is -0.351 e. The monoisotopic (exact) mass is 336 g/mol. The largest absolute Gasteiger partial charge is 0.351 e. The summed E-state index contributed by atoms with van der Waals surface area (Å²) in [6.45, 7) is 0.563. The average molecular weight is 337 g/mol. The molecule has 5 heteroatoms. The number of nitrogens with one attached hydrogen (secondary N) is 1. The number of aromatic nitrogens is 1. The Morgan fingerprint density at radius 2 is 2.00 bits per heavy atom. The van der Waals surface area contributed by atoms with Gasteiger partial charge in [0.25, 0.3) is 0 Å². The van der Waals surface area contributed by atoms with Gasteiger partial charge in [-0.05, 0) is 33.6 Å². The van der Waals surface area contributed by atoms with Gasteiger partial charge < -0.3 is 5.32 Å². The van der Waals surface area contributed by atoms with Gasteiger partial charge in [-0.3, -0.25) is 4.79 Å². The fraction of sp³-hybridized carbons (Fsp3) is 0.143. The number of halogens is 1. The number of rotatable bonds is 5. The molecule has 0 unspecified atom stereocenters. The Morgan fingerprint density at radius 1 is 1.21 bits per heavy atom. The second-order valence-electron chi connectivity index (χ2n) is 3.87. The maximum absolute atomic E-state index is 11.7. The molecule has 3 nitrogen and oxygen atoms in total. The van der Waals surface area contributed by atoms with E-state index in [1.807, 2.05) is 42.5 Å². The second kappa shape index (κ2) is 7.31. The van der Waals surface area contributed by atoms with E-state index in [-0.39, 0.29) is 5.91 Å². The lowest BCUT2D eigenvalue weighted by Gasteiger charge is -2.05. The average Bonchev–Trinajstić information content (AvgIpc) is 2.45. The predicted octanol–water partition coefficient (Wildman–Crippen LogP) is 3.25. The van der Waals surface area contributed by atoms with Crippen molar-refractivity contribution in [1.29, 1.82) is 0 Å². The third kappa shape index (κ3) is 5.04.